The first kappa shape index (κ1) is 17.1. The first-order valence-corrected chi connectivity index (χ1v) is 10.4. The standard InChI is InChI=1S/C15H20N4O3S2/c1-24(21,22)17-8-12-9-18(11-13-4-5-16-19(13)10-12)15(20)7-14-3-2-6-23-14/h2-6,12,17H,7-11H2,1H3/t12-/m1/s1. The van der Waals surface area contributed by atoms with Gasteiger partial charge in [0, 0.05) is 36.6 Å². The minimum absolute atomic E-state index is 0.0202. The van der Waals surface area contributed by atoms with E-state index >= 15 is 0 Å². The van der Waals surface area contributed by atoms with Crippen LogP contribution in [0.3, 0.4) is 0 Å². The molecule has 0 bridgehead atoms. The van der Waals surface area contributed by atoms with E-state index in [0.29, 0.717) is 32.6 Å². The van der Waals surface area contributed by atoms with E-state index < -0.39 is 10.0 Å². The molecule has 7 nitrogen and oxygen atoms in total. The molecule has 130 valence electrons. The third-order valence-corrected chi connectivity index (χ3v) is 5.53. The quantitative estimate of drug-likeness (QED) is 0.842. The number of carbonyl (C=O) groups is 1. The van der Waals surface area contributed by atoms with Gasteiger partial charge >= 0.3 is 0 Å². The molecule has 0 saturated carbocycles. The molecule has 0 aromatic carbocycles. The summed E-state index contributed by atoms with van der Waals surface area (Å²) in [7, 11) is -3.26. The maximum absolute atomic E-state index is 12.7. The van der Waals surface area contributed by atoms with Gasteiger partial charge < -0.3 is 4.90 Å². The summed E-state index contributed by atoms with van der Waals surface area (Å²) in [6.07, 6.45) is 3.23. The van der Waals surface area contributed by atoms with Gasteiger partial charge in [-0.3, -0.25) is 9.48 Å². The number of aromatic nitrogens is 2. The number of sulfonamides is 1. The van der Waals surface area contributed by atoms with E-state index in [1.54, 1.807) is 22.4 Å². The Kier molecular flexibility index (Phi) is 5.02. The first-order valence-electron chi connectivity index (χ1n) is 7.66. The molecule has 0 unspecified atom stereocenters. The van der Waals surface area contributed by atoms with Crippen LogP contribution in [0.5, 0.6) is 0 Å². The number of nitrogens with one attached hydrogen (secondary N) is 1. The highest BCUT2D eigenvalue weighted by Crippen LogP contribution is 2.18. The van der Waals surface area contributed by atoms with Crippen molar-refractivity contribution in [3.05, 3.63) is 40.3 Å². The highest BCUT2D eigenvalue weighted by molar-refractivity contribution is 7.88. The fraction of sp³-hybridized carbons (Fsp3) is 0.467. The van der Waals surface area contributed by atoms with Crippen LogP contribution in [0, 0.1) is 5.92 Å². The molecule has 3 rings (SSSR count). The summed E-state index contributed by atoms with van der Waals surface area (Å²) in [5, 5.41) is 6.24. The van der Waals surface area contributed by atoms with E-state index in [0.717, 1.165) is 16.8 Å². The average molecular weight is 368 g/mol. The lowest BCUT2D eigenvalue weighted by Gasteiger charge is -2.24. The zero-order valence-corrected chi connectivity index (χ0v) is 15.0. The van der Waals surface area contributed by atoms with E-state index in [4.69, 9.17) is 0 Å². The van der Waals surface area contributed by atoms with Gasteiger partial charge in [-0.25, -0.2) is 13.1 Å². The summed E-state index contributed by atoms with van der Waals surface area (Å²) in [6.45, 7) is 1.89. The van der Waals surface area contributed by atoms with Crippen molar-refractivity contribution >= 4 is 27.3 Å². The van der Waals surface area contributed by atoms with E-state index in [1.807, 2.05) is 28.3 Å². The molecular weight excluding hydrogens is 348 g/mol. The molecule has 0 fully saturated rings. The molecule has 0 spiro atoms. The number of fused-ring (bicyclic) bond motifs is 1. The van der Waals surface area contributed by atoms with Crippen LogP contribution >= 0.6 is 11.3 Å². The number of hydrogen-bond donors (Lipinski definition) is 1. The van der Waals surface area contributed by atoms with Crippen LogP contribution in [0.1, 0.15) is 10.6 Å². The van der Waals surface area contributed by atoms with Crippen LogP contribution in [0.2, 0.25) is 0 Å². The van der Waals surface area contributed by atoms with E-state index in [1.165, 1.54) is 0 Å². The molecule has 0 saturated heterocycles. The van der Waals surface area contributed by atoms with Crippen molar-refractivity contribution in [1.82, 2.24) is 19.4 Å². The summed E-state index contributed by atoms with van der Waals surface area (Å²) in [5.41, 5.74) is 0.969. The largest absolute Gasteiger partial charge is 0.336 e. The molecule has 1 amide bonds. The number of thiophene rings is 1. The topological polar surface area (TPSA) is 84.3 Å². The lowest BCUT2D eigenvalue weighted by molar-refractivity contribution is -0.131. The molecule has 1 N–H and O–H groups in total. The van der Waals surface area contributed by atoms with Gasteiger partial charge in [0.15, 0.2) is 0 Å². The Bertz CT molecular complexity index is 799. The molecule has 1 atom stereocenters. The van der Waals surface area contributed by atoms with Crippen LogP contribution in [-0.4, -0.2) is 48.4 Å². The second kappa shape index (κ2) is 7.04. The van der Waals surface area contributed by atoms with Gasteiger partial charge in [-0.05, 0) is 17.5 Å². The Morgan fingerprint density at radius 1 is 1.42 bits per heavy atom. The van der Waals surface area contributed by atoms with E-state index in [2.05, 4.69) is 9.82 Å². The number of rotatable bonds is 5. The van der Waals surface area contributed by atoms with E-state index in [-0.39, 0.29) is 11.8 Å². The molecule has 1 aliphatic rings. The maximum Gasteiger partial charge on any atom is 0.228 e. The van der Waals surface area contributed by atoms with Crippen LogP contribution in [0.15, 0.2) is 29.8 Å². The van der Waals surface area contributed by atoms with Crippen molar-refractivity contribution in [2.75, 3.05) is 19.3 Å². The summed E-state index contributed by atoms with van der Waals surface area (Å²) >= 11 is 1.57. The number of amides is 1. The molecule has 1 aliphatic heterocycles. The number of carbonyl (C=O) groups excluding carboxylic acids is 1. The minimum atomic E-state index is -3.26. The fourth-order valence-electron chi connectivity index (χ4n) is 2.80. The van der Waals surface area contributed by atoms with Crippen LogP contribution < -0.4 is 4.72 Å². The molecule has 0 radical (unpaired) electrons. The Labute approximate surface area is 145 Å². The van der Waals surface area contributed by atoms with Crippen LogP contribution in [-0.2, 0) is 34.3 Å². The van der Waals surface area contributed by atoms with Crippen molar-refractivity contribution in [2.45, 2.75) is 19.5 Å². The van der Waals surface area contributed by atoms with Crippen LogP contribution in [0.25, 0.3) is 0 Å². The minimum Gasteiger partial charge on any atom is -0.336 e. The van der Waals surface area contributed by atoms with Gasteiger partial charge in [0.25, 0.3) is 0 Å². The summed E-state index contributed by atoms with van der Waals surface area (Å²) in [4.78, 5) is 15.5. The van der Waals surface area contributed by atoms with E-state index in [9.17, 15) is 13.2 Å². The lowest BCUT2D eigenvalue weighted by Crippen LogP contribution is -2.39. The molecule has 2 aromatic rings. The smallest absolute Gasteiger partial charge is 0.228 e. The Morgan fingerprint density at radius 3 is 2.96 bits per heavy atom. The van der Waals surface area contributed by atoms with Crippen molar-refractivity contribution in [2.24, 2.45) is 5.92 Å². The molecule has 0 aliphatic carbocycles. The lowest BCUT2D eigenvalue weighted by atomic mass is 10.1. The third kappa shape index (κ3) is 4.43. The van der Waals surface area contributed by atoms with Crippen molar-refractivity contribution < 1.29 is 13.2 Å². The molecule has 2 aromatic heterocycles. The Balaban J connectivity index is 1.74. The van der Waals surface area contributed by atoms with Gasteiger partial charge in [-0.15, -0.1) is 11.3 Å². The molecule has 24 heavy (non-hydrogen) atoms. The molecule has 3 heterocycles. The third-order valence-electron chi connectivity index (χ3n) is 3.96. The predicted molar refractivity (Wildman–Crippen MR) is 92.0 cm³/mol. The van der Waals surface area contributed by atoms with Gasteiger partial charge in [-0.1, -0.05) is 6.07 Å². The number of hydrogen-bond acceptors (Lipinski definition) is 5. The monoisotopic (exact) mass is 368 g/mol. The highest BCUT2D eigenvalue weighted by atomic mass is 32.2. The van der Waals surface area contributed by atoms with Gasteiger partial charge in [0.05, 0.1) is 24.9 Å². The SMILES string of the molecule is CS(=O)(=O)NC[C@@H]1CN(C(=O)Cc2cccs2)Cc2ccnn2C1. The second-order valence-electron chi connectivity index (χ2n) is 6.02. The molecular formula is C15H20N4O3S2. The maximum atomic E-state index is 12.7. The first-order chi connectivity index (χ1) is 11.4. The normalized spacial score (nSPS) is 18.2. The zero-order chi connectivity index (χ0) is 17.2. The number of nitrogens with zero attached hydrogens (tertiary/aromatic N) is 3. The fourth-order valence-corrected chi connectivity index (χ4v) is 4.03. The van der Waals surface area contributed by atoms with Gasteiger partial charge in [0.1, 0.15) is 0 Å². The Hall–Kier alpha value is -1.71. The zero-order valence-electron chi connectivity index (χ0n) is 13.4. The second-order valence-corrected chi connectivity index (χ2v) is 8.89. The molecule has 9 heteroatoms. The van der Waals surface area contributed by atoms with Crippen molar-refractivity contribution in [3.8, 4) is 0 Å². The average Bonchev–Trinajstić information content (AvgIpc) is 3.13. The van der Waals surface area contributed by atoms with Crippen molar-refractivity contribution in [1.29, 1.82) is 0 Å². The highest BCUT2D eigenvalue weighted by Gasteiger charge is 2.26. The van der Waals surface area contributed by atoms with Gasteiger partial charge in [-0.2, -0.15) is 5.10 Å². The predicted octanol–water partition coefficient (Wildman–Crippen LogP) is 0.695. The van der Waals surface area contributed by atoms with Gasteiger partial charge in [0.2, 0.25) is 15.9 Å². The summed E-state index contributed by atoms with van der Waals surface area (Å²) in [6, 6.07) is 5.79. The Morgan fingerprint density at radius 2 is 2.25 bits per heavy atom. The van der Waals surface area contributed by atoms with Crippen LogP contribution in [0.4, 0.5) is 0 Å². The summed E-state index contributed by atoms with van der Waals surface area (Å²) < 4.78 is 27.1. The summed E-state index contributed by atoms with van der Waals surface area (Å²) in [5.74, 6) is 0.0321. The van der Waals surface area contributed by atoms with Crippen molar-refractivity contribution in [3.63, 3.8) is 0 Å².